The van der Waals surface area contributed by atoms with E-state index < -0.39 is 223 Å². The van der Waals surface area contributed by atoms with Crippen LogP contribution >= 0.6 is 0 Å². The first-order valence-electron chi connectivity index (χ1n) is 54.4. The fourth-order valence-electron chi connectivity index (χ4n) is 5.18. The summed E-state index contributed by atoms with van der Waals surface area (Å²) in [5, 5.41) is 0.374. The molecule has 9 aromatic rings. The fourth-order valence-corrected chi connectivity index (χ4v) is 5.18. The molecule has 0 amide bonds. The molecule has 0 N–H and O–H groups in total. The largest absolute Gasteiger partial charge is 0.344 e. The van der Waals surface area contributed by atoms with Crippen molar-refractivity contribution in [1.82, 2.24) is 4.57 Å². The van der Waals surface area contributed by atoms with E-state index in [-0.39, 0.29) is 151 Å². The van der Waals surface area contributed by atoms with Crippen molar-refractivity contribution in [3.8, 4) is 0 Å². The van der Waals surface area contributed by atoms with Gasteiger partial charge in [-0.3, -0.25) is 0 Å². The second kappa shape index (κ2) is 27.6. The van der Waals surface area contributed by atoms with Gasteiger partial charge < -0.3 is 4.57 Å². The zero-order valence-corrected chi connectivity index (χ0v) is 38.9. The summed E-state index contributed by atoms with van der Waals surface area (Å²) < 4.78 is 522. The van der Waals surface area contributed by atoms with E-state index in [1.54, 1.807) is 0 Å². The summed E-state index contributed by atoms with van der Waals surface area (Å²) in [4.78, 5) is 0. The number of aryl methyl sites for hydroxylation is 2. The minimum Gasteiger partial charge on any atom is -0.344 e. The fraction of sp³-hybridized carbons (Fsp3) is 0.371. The monoisotopic (exact) mass is 1010 g/mol. The van der Waals surface area contributed by atoms with Gasteiger partial charge in [-0.05, 0) is 101 Å². The Hall–Kier alpha value is -5.92. The van der Waals surface area contributed by atoms with Crippen LogP contribution in [0.15, 0.2) is 181 Å². The van der Waals surface area contributed by atoms with E-state index >= 15 is 0 Å². The predicted molar refractivity (Wildman–Crippen MR) is 317 cm³/mol. The van der Waals surface area contributed by atoms with Crippen molar-refractivity contribution < 1.29 is 93.2 Å². The molecule has 11 rings (SSSR count). The average Bonchev–Trinajstić information content (AvgIpc) is 1.46. The molecule has 2 fully saturated rings. The van der Waals surface area contributed by atoms with Crippen molar-refractivity contribution >= 4 is 43.4 Å². The average molecular weight is 1010 g/mol. The van der Waals surface area contributed by atoms with Crippen LogP contribution in [0.5, 0.6) is 0 Å². The maximum Gasteiger partial charge on any atom is 0.0645 e. The molecule has 2 aliphatic carbocycles. The summed E-state index contributed by atoms with van der Waals surface area (Å²) in [5.41, 5.74) is -8.77. The zero-order chi connectivity index (χ0) is 110. The Labute approximate surface area is 527 Å². The van der Waals surface area contributed by atoms with Crippen LogP contribution in [0.2, 0.25) is 0 Å². The molecule has 0 atom stereocenters. The van der Waals surface area contributed by atoms with E-state index in [0.717, 1.165) is 13.8 Å². The number of rotatable bonds is 0. The second-order valence-corrected chi connectivity index (χ2v) is 14.4. The number of nitrogens with zero attached hydrogens (tertiary/aromatic N) is 1. The Balaban J connectivity index is 0.000000288. The second-order valence-electron chi connectivity index (χ2n) is 14.4. The third-order valence-electron chi connectivity index (χ3n) is 8.57. The van der Waals surface area contributed by atoms with Crippen molar-refractivity contribution in [2.24, 2.45) is 18.8 Å². The molecule has 71 heavy (non-hydrogen) atoms. The molecule has 0 unspecified atom stereocenters. The quantitative estimate of drug-likeness (QED) is 0.143. The lowest BCUT2D eigenvalue weighted by molar-refractivity contribution is 0.385. The number of fused-ring (bicyclic) bond motifs is 5. The summed E-state index contributed by atoms with van der Waals surface area (Å²) in [5.74, 6) is -5.26. The van der Waals surface area contributed by atoms with Crippen molar-refractivity contribution in [2.75, 3.05) is 0 Å². The first kappa shape index (κ1) is 14.2. The van der Waals surface area contributed by atoms with Crippen molar-refractivity contribution in [1.29, 1.82) is 0 Å². The lowest BCUT2D eigenvalue weighted by Crippen LogP contribution is -2.10. The number of aromatic nitrogens is 1. The molecule has 0 bridgehead atoms. The number of benzene rings is 8. The topological polar surface area (TPSA) is 4.93 Å². The highest BCUT2D eigenvalue weighted by Crippen LogP contribution is 2.28. The van der Waals surface area contributed by atoms with Gasteiger partial charge in [0.05, 0.1) is 41.1 Å². The van der Waals surface area contributed by atoms with E-state index in [1.807, 2.05) is 0 Å². The van der Waals surface area contributed by atoms with Crippen LogP contribution in [0.25, 0.3) is 43.4 Å². The number of hydrogen-bond donors (Lipinski definition) is 0. The minimum atomic E-state index is -3.64. The summed E-state index contributed by atoms with van der Waals surface area (Å²) >= 11 is 0. The van der Waals surface area contributed by atoms with Gasteiger partial charge >= 0.3 is 0 Å². The van der Waals surface area contributed by atoms with Crippen LogP contribution in [0.1, 0.15) is 239 Å². The van der Waals surface area contributed by atoms with E-state index in [0.29, 0.717) is 5.56 Å². The standard InChI is InChI=1S/C13H11N.2C11H10.2C11H16.C7H14.C6H12/c1-14-12-8-4-2-6-10(12)11-7-3-5-9-13(11)14;1-9-5-4-7-10-6-2-3-8-11(9)10;1-9-6-7-10-4-2-3-5-11(10)8-9;1-9-5-7-10(8-6-9)11(2,3)4;1-9-6-5-7-10(8-9)11(2,3)4;1-7-5-3-2-4-6-7;1-6-4-2-3-5-6/h2-9H,1H3;2*2-8H,1H3;2*5-8H,1-4H3;7H,2-6H2,1H3;6H,2-5H2,1H3/i2D,3D,4D,5D,6D,7D,8D,9D;2*2D,3D,4D,5D,6D,7D,8D;2*2D3,3D3,4D3,5D,6D,7D,8D;2D2,3D2,4D2,5D2,6D2,7D;2D2,3D2,4D2,5D2,6D. The molecule has 1 nitrogen and oxygen atoms in total. The van der Waals surface area contributed by atoms with Crippen LogP contribution in [0.4, 0.5) is 0 Å². The Kier molecular flexibility index (Phi) is 5.53. The van der Waals surface area contributed by atoms with Gasteiger partial charge in [-0.2, -0.15) is 0 Å². The molecule has 0 saturated heterocycles. The van der Waals surface area contributed by atoms with Crippen molar-refractivity contribution in [3.05, 3.63) is 215 Å². The Morgan fingerprint density at radius 3 is 1.42 bits per heavy atom. The molecule has 0 radical (unpaired) electrons. The lowest BCUT2D eigenvalue weighted by Gasteiger charge is -2.19. The summed E-state index contributed by atoms with van der Waals surface area (Å²) in [7, 11) is 1.53. The highest BCUT2D eigenvalue weighted by atomic mass is 14.9. The van der Waals surface area contributed by atoms with Gasteiger partial charge in [0.1, 0.15) is 0 Å². The van der Waals surface area contributed by atoms with Crippen molar-refractivity contribution in [3.63, 3.8) is 0 Å². The molecular formula is C70H89N. The van der Waals surface area contributed by atoms with Gasteiger partial charge in [0.25, 0.3) is 0 Å². The van der Waals surface area contributed by atoms with Crippen LogP contribution < -0.4 is 0 Å². The molecule has 0 spiro atoms. The predicted octanol–water partition coefficient (Wildman–Crippen LogP) is 21.0. The van der Waals surface area contributed by atoms with Crippen LogP contribution in [0.3, 0.4) is 0 Å². The summed E-state index contributed by atoms with van der Waals surface area (Å²) in [6, 6.07) is -13.6. The van der Waals surface area contributed by atoms with Gasteiger partial charge in [0.2, 0.25) is 0 Å². The van der Waals surface area contributed by atoms with Crippen LogP contribution in [-0.4, -0.2) is 4.57 Å². The molecule has 0 aliphatic heterocycles. The third kappa shape index (κ3) is 18.3. The molecule has 374 valence electrons. The maximum absolute atomic E-state index is 8.06. The van der Waals surface area contributed by atoms with Gasteiger partial charge in [-0.1, -0.05) is 298 Å². The SMILES string of the molecule is [2H]C1([2H])C([2H])([2H])C([2H])([2H])C([2H])(C)C([2H])([2H])C1([2H])[2H].[2H]C1([2H])C([2H])([2H])C([2H])([2H])C([2H])(C)C1([2H])[2H].[2H]c1c([2H])c(C(C([2H])([2H])[2H])(C([2H])([2H])[2H])C([2H])([2H])[2H])c([2H])c([2H])c1C.[2H]c1c([2H])c(C)c([2H])c(C(C([2H])([2H])[2H])(C([2H])([2H])[2H])C([2H])([2H])[2H])c1[2H].[2H]c1c([2H])c([2H])c2c(C)c([2H])c([2H])c([2H])c2c1[2H].[2H]c1c([2H])c([2H])c2c([2H])c(C)c([2H])c([2H])c2c1[2H].[2H]c1c([2H])c([2H])c2c(c1[2H])c1c([2H])c([2H])c([2H])c([2H])c1n2C. The van der Waals surface area contributed by atoms with Gasteiger partial charge in [-0.25, -0.2) is 0 Å². The van der Waals surface area contributed by atoms with Crippen molar-refractivity contribution in [2.45, 2.75) is 151 Å². The molecule has 1 heterocycles. The number of para-hydroxylation sites is 2. The lowest BCUT2D eigenvalue weighted by atomic mass is 9.86. The Morgan fingerprint density at radius 2 is 0.859 bits per heavy atom. The molecule has 1 heteroatoms. The summed E-state index contributed by atoms with van der Waals surface area (Å²) in [6.07, 6.45) is -28.4. The molecular weight excluding hydrogens is 855 g/mol. The highest BCUT2D eigenvalue weighted by molar-refractivity contribution is 6.07. The summed E-state index contributed by atoms with van der Waals surface area (Å²) in [6.45, 7) is -14.7. The van der Waals surface area contributed by atoms with E-state index in [1.165, 1.54) is 39.3 Å². The Bertz CT molecular complexity index is 5490. The van der Waals surface area contributed by atoms with E-state index in [9.17, 15) is 0 Å². The first-order chi connectivity index (χ1) is 61.4. The van der Waals surface area contributed by atoms with Gasteiger partial charge in [0, 0.05) is 80.9 Å². The maximum atomic E-state index is 8.06. The van der Waals surface area contributed by atoms with E-state index in [4.69, 9.17) is 93.2 Å². The van der Waals surface area contributed by atoms with Gasteiger partial charge in [0.15, 0.2) is 0 Å². The molecule has 8 aromatic carbocycles. The van der Waals surface area contributed by atoms with E-state index in [2.05, 4.69) is 0 Å². The number of hydrogen-bond acceptors (Lipinski definition) is 0. The molecule has 2 aliphatic rings. The third-order valence-corrected chi connectivity index (χ3v) is 8.57. The smallest absolute Gasteiger partial charge is 0.0645 e. The normalized spacial score (nSPS) is 35.8. The van der Waals surface area contributed by atoms with Gasteiger partial charge in [-0.15, -0.1) is 0 Å². The zero-order valence-electron chi connectivity index (χ0n) is 107. The molecule has 2 saturated carbocycles. The van der Waals surface area contributed by atoms with Crippen LogP contribution in [-0.2, 0) is 17.9 Å². The first-order valence-corrected chi connectivity index (χ1v) is 20.4. The highest BCUT2D eigenvalue weighted by Gasteiger charge is 2.13. The minimum absolute atomic E-state index is 0.0134. The Morgan fingerprint density at radius 1 is 0.423 bits per heavy atom. The van der Waals surface area contributed by atoms with Crippen LogP contribution in [0, 0.1) is 39.5 Å². The molecule has 1 aromatic heterocycles.